The second kappa shape index (κ2) is 13.1. The van der Waals surface area contributed by atoms with Crippen LogP contribution in [0.25, 0.3) is 39.3 Å². The van der Waals surface area contributed by atoms with Crippen LogP contribution in [-0.2, 0) is 20.0 Å². The van der Waals surface area contributed by atoms with Gasteiger partial charge in [-0.15, -0.1) is 4.40 Å². The highest BCUT2D eigenvalue weighted by molar-refractivity contribution is 7.91. The molecule has 0 saturated carbocycles. The summed E-state index contributed by atoms with van der Waals surface area (Å²) < 4.78 is 66.0. The fraction of sp³-hybridized carbons (Fsp3) is 0. The third-order valence-corrected chi connectivity index (χ3v) is 12.5. The van der Waals surface area contributed by atoms with E-state index < -0.39 is 20.0 Å². The highest BCUT2D eigenvalue weighted by atomic mass is 32.2. The lowest BCUT2D eigenvalue weighted by molar-refractivity contribution is 0.550. The third kappa shape index (κ3) is 5.80. The summed E-state index contributed by atoms with van der Waals surface area (Å²) >= 11 is 0. The Bertz CT molecular complexity index is 2970. The molecule has 0 aromatic heterocycles. The highest BCUT2D eigenvalue weighted by Crippen LogP contribution is 2.46. The monoisotopic (exact) mass is 741 g/mol. The minimum atomic E-state index is -4.59. The summed E-state index contributed by atoms with van der Waals surface area (Å²) in [6.45, 7) is 0. The van der Waals surface area contributed by atoms with E-state index in [1.807, 2.05) is 151 Å². The average Bonchev–Trinajstić information content (AvgIpc) is 3.20. The Morgan fingerprint density at radius 1 is 0.519 bits per heavy atom. The number of fused-ring (bicyclic) bond motifs is 5. The van der Waals surface area contributed by atoms with Crippen molar-refractivity contribution in [2.45, 2.75) is 9.79 Å². The maximum absolute atomic E-state index is 15.5. The van der Waals surface area contributed by atoms with Crippen molar-refractivity contribution in [3.8, 4) is 0 Å². The van der Waals surface area contributed by atoms with Crippen molar-refractivity contribution in [2.24, 2.45) is 4.40 Å². The zero-order valence-corrected chi connectivity index (χ0v) is 30.3. The van der Waals surface area contributed by atoms with Crippen molar-refractivity contribution >= 4 is 70.8 Å². The molecule has 2 aliphatic heterocycles. The molecular weight excluding hydrogens is 711 g/mol. The lowest BCUT2D eigenvalue weighted by Gasteiger charge is -2.43. The van der Waals surface area contributed by atoms with Gasteiger partial charge in [0.2, 0.25) is 0 Å². The number of allylic oxidation sites excluding steroid dienone is 1. The molecule has 0 amide bonds. The molecule has 9 heteroatoms. The van der Waals surface area contributed by atoms with Gasteiger partial charge in [-0.25, -0.2) is 8.42 Å². The first-order valence-electron chi connectivity index (χ1n) is 17.3. The van der Waals surface area contributed by atoms with Gasteiger partial charge in [-0.2, -0.15) is 12.7 Å². The second-order valence-corrected chi connectivity index (χ2v) is 16.3. The van der Waals surface area contributed by atoms with E-state index in [0.717, 1.165) is 31.7 Å². The predicted molar refractivity (Wildman–Crippen MR) is 217 cm³/mol. The molecule has 0 atom stereocenters. The largest absolute Gasteiger partial charge is 0.294 e. The summed E-state index contributed by atoms with van der Waals surface area (Å²) in [7, 11) is -9.10. The Hall–Kier alpha value is -6.55. The SMILES string of the molecule is O=S(=O)(/N=C1\C(c2ccccc2)=C2C=Cc3ccccc3N2/C(=C\c2ccccc2)N1S(=O)(=O)c1ccc2ccccc2c1)c1ccc2ccccc2c1. The molecule has 0 bridgehead atoms. The standard InChI is InChI=1S/C45H31N3O4S2/c49-53(50,39-26-23-33-15-7-9-20-37(33)30-39)46-45-44(36-18-5-2-6-19-36)42-28-25-35-17-11-12-22-41(35)47(42)43(29-32-13-3-1-4-14-32)48(45)54(51,52)40-27-24-34-16-8-10-21-38(34)31-40/h1-31H/b43-29+,46-45+. The molecule has 2 aliphatic rings. The molecule has 0 aliphatic carbocycles. The number of anilines is 1. The number of sulfonamides is 2. The Morgan fingerprint density at radius 2 is 1.07 bits per heavy atom. The number of hydrogen-bond donors (Lipinski definition) is 0. The Labute approximate surface area is 313 Å². The Balaban J connectivity index is 1.41. The lowest BCUT2D eigenvalue weighted by atomic mass is 9.95. The Kier molecular flexibility index (Phi) is 8.10. The normalized spacial score (nSPS) is 15.9. The van der Waals surface area contributed by atoms with Gasteiger partial charge in [0.05, 0.1) is 26.7 Å². The van der Waals surface area contributed by atoms with Crippen LogP contribution in [0.15, 0.2) is 202 Å². The zero-order chi connectivity index (χ0) is 36.9. The molecule has 54 heavy (non-hydrogen) atoms. The average molecular weight is 742 g/mol. The maximum atomic E-state index is 15.5. The van der Waals surface area contributed by atoms with Crippen LogP contribution in [0.3, 0.4) is 0 Å². The quantitative estimate of drug-likeness (QED) is 0.169. The summed E-state index contributed by atoms with van der Waals surface area (Å²) in [5.74, 6) is -0.0618. The predicted octanol–water partition coefficient (Wildman–Crippen LogP) is 9.73. The number of rotatable bonds is 6. The first-order valence-corrected chi connectivity index (χ1v) is 20.2. The van der Waals surface area contributed by atoms with E-state index in [9.17, 15) is 8.42 Å². The number of benzene rings is 7. The number of hydrogen-bond acceptors (Lipinski definition) is 5. The van der Waals surface area contributed by atoms with Gasteiger partial charge in [-0.3, -0.25) is 4.90 Å². The summed E-state index contributed by atoms with van der Waals surface area (Å²) in [6, 6.07) is 51.0. The maximum Gasteiger partial charge on any atom is 0.284 e. The lowest BCUT2D eigenvalue weighted by Crippen LogP contribution is -2.48. The number of para-hydroxylation sites is 1. The molecule has 0 spiro atoms. The molecule has 7 nitrogen and oxygen atoms in total. The topological polar surface area (TPSA) is 87.1 Å². The van der Waals surface area contributed by atoms with Crippen LogP contribution in [-0.4, -0.2) is 27.0 Å². The van der Waals surface area contributed by atoms with E-state index >= 15 is 8.42 Å². The minimum Gasteiger partial charge on any atom is -0.294 e. The van der Waals surface area contributed by atoms with Crippen molar-refractivity contribution in [1.82, 2.24) is 4.31 Å². The van der Waals surface area contributed by atoms with Crippen LogP contribution in [0, 0.1) is 0 Å². The first kappa shape index (κ1) is 33.3. The van der Waals surface area contributed by atoms with Gasteiger partial charge in [0.1, 0.15) is 5.82 Å². The van der Waals surface area contributed by atoms with Crippen molar-refractivity contribution in [2.75, 3.05) is 4.90 Å². The molecule has 0 unspecified atom stereocenters. The van der Waals surface area contributed by atoms with Crippen molar-refractivity contribution < 1.29 is 16.8 Å². The zero-order valence-electron chi connectivity index (χ0n) is 28.7. The molecule has 0 radical (unpaired) electrons. The van der Waals surface area contributed by atoms with Gasteiger partial charge in [-0.05, 0) is 80.7 Å². The smallest absolute Gasteiger partial charge is 0.284 e. The summed E-state index contributed by atoms with van der Waals surface area (Å²) in [5, 5.41) is 3.17. The van der Waals surface area contributed by atoms with E-state index in [0.29, 0.717) is 27.8 Å². The first-order chi connectivity index (χ1) is 26.3. The molecule has 2 heterocycles. The summed E-state index contributed by atoms with van der Waals surface area (Å²) in [5.41, 5.74) is 3.78. The fourth-order valence-corrected chi connectivity index (χ4v) is 9.55. The van der Waals surface area contributed by atoms with Gasteiger partial charge < -0.3 is 0 Å². The van der Waals surface area contributed by atoms with Crippen LogP contribution in [0.4, 0.5) is 5.69 Å². The van der Waals surface area contributed by atoms with E-state index in [1.54, 1.807) is 36.4 Å². The number of amidine groups is 1. The molecule has 9 rings (SSSR count). The van der Waals surface area contributed by atoms with Crippen LogP contribution < -0.4 is 4.90 Å². The van der Waals surface area contributed by atoms with Gasteiger partial charge in [0, 0.05) is 0 Å². The summed E-state index contributed by atoms with van der Waals surface area (Å²) in [6.07, 6.45) is 5.60. The molecule has 0 fully saturated rings. The highest BCUT2D eigenvalue weighted by Gasteiger charge is 2.44. The van der Waals surface area contributed by atoms with Gasteiger partial charge in [-0.1, -0.05) is 146 Å². The molecular formula is C45H31N3O4S2. The molecule has 0 N–H and O–H groups in total. The van der Waals surface area contributed by atoms with Gasteiger partial charge >= 0.3 is 0 Å². The van der Waals surface area contributed by atoms with E-state index in [1.165, 1.54) is 6.07 Å². The minimum absolute atomic E-state index is 0.0207. The summed E-state index contributed by atoms with van der Waals surface area (Å²) in [4.78, 5) is 1.80. The van der Waals surface area contributed by atoms with Gasteiger partial charge in [0.25, 0.3) is 20.0 Å². The molecule has 262 valence electrons. The van der Waals surface area contributed by atoms with E-state index in [2.05, 4.69) is 4.40 Å². The van der Waals surface area contributed by atoms with E-state index in [-0.39, 0.29) is 21.4 Å². The van der Waals surface area contributed by atoms with Crippen molar-refractivity contribution in [3.05, 3.63) is 204 Å². The van der Waals surface area contributed by atoms with Crippen LogP contribution >= 0.6 is 0 Å². The van der Waals surface area contributed by atoms with Gasteiger partial charge in [0.15, 0.2) is 5.84 Å². The fourth-order valence-electron chi connectivity index (χ4n) is 7.01. The van der Waals surface area contributed by atoms with Crippen molar-refractivity contribution in [3.63, 3.8) is 0 Å². The van der Waals surface area contributed by atoms with Crippen LogP contribution in [0.2, 0.25) is 0 Å². The molecule has 7 aromatic carbocycles. The van der Waals surface area contributed by atoms with E-state index in [4.69, 9.17) is 0 Å². The van der Waals surface area contributed by atoms with Crippen LogP contribution in [0.5, 0.6) is 0 Å². The van der Waals surface area contributed by atoms with Crippen LogP contribution in [0.1, 0.15) is 16.7 Å². The number of nitrogens with zero attached hydrogens (tertiary/aromatic N) is 3. The van der Waals surface area contributed by atoms with Crippen molar-refractivity contribution in [1.29, 1.82) is 0 Å². The molecule has 0 saturated heterocycles. The Morgan fingerprint density at radius 3 is 1.76 bits per heavy atom. The third-order valence-electron chi connectivity index (χ3n) is 9.59. The second-order valence-electron chi connectivity index (χ2n) is 12.9. The molecule has 7 aromatic rings.